The number of aliphatic hydroxyl groups is 1. The number of rotatable bonds is 39. The van der Waals surface area contributed by atoms with Crippen molar-refractivity contribution in [3.8, 4) is 0 Å². The van der Waals surface area contributed by atoms with Crippen LogP contribution in [0, 0.1) is 24.7 Å². The molecular formula is C51H105N2O3Y-. The van der Waals surface area contributed by atoms with E-state index in [4.69, 9.17) is 9.84 Å². The normalized spacial score (nSPS) is 13.9. The van der Waals surface area contributed by atoms with Gasteiger partial charge < -0.3 is 31.4 Å². The molecule has 341 valence electrons. The Morgan fingerprint density at radius 2 is 0.912 bits per heavy atom. The molecular weight excluding hydrogens is 777 g/mol. The summed E-state index contributed by atoms with van der Waals surface area (Å²) in [5.74, 6) is 2.18. The number of nitrogens with zero attached hydrogens (tertiary/aromatic N) is 2. The second kappa shape index (κ2) is 52.8. The zero-order chi connectivity index (χ0) is 41.6. The number of ether oxygens (including phenoxy) is 1. The number of unbranched alkanes of at least 4 members (excludes halogenated alkanes) is 20. The van der Waals surface area contributed by atoms with Crippen LogP contribution in [0.1, 0.15) is 240 Å². The van der Waals surface area contributed by atoms with Crippen molar-refractivity contribution >= 4 is 6.29 Å². The van der Waals surface area contributed by atoms with Crippen LogP contribution in [-0.4, -0.2) is 81.3 Å². The third-order valence-corrected chi connectivity index (χ3v) is 12.2. The molecule has 1 atom stereocenters. The monoisotopic (exact) mass is 883 g/mol. The summed E-state index contributed by atoms with van der Waals surface area (Å²) in [7, 11) is 4.07. The van der Waals surface area contributed by atoms with E-state index in [0.717, 1.165) is 31.7 Å². The van der Waals surface area contributed by atoms with Gasteiger partial charge in [-0.15, -0.1) is 0 Å². The van der Waals surface area contributed by atoms with E-state index in [2.05, 4.69) is 51.5 Å². The Bertz CT molecular complexity index is 701. The van der Waals surface area contributed by atoms with Gasteiger partial charge in [-0.1, -0.05) is 195 Å². The van der Waals surface area contributed by atoms with Crippen molar-refractivity contribution in [2.75, 3.05) is 60.1 Å². The van der Waals surface area contributed by atoms with Crippen molar-refractivity contribution in [3.63, 3.8) is 0 Å². The third-order valence-electron chi connectivity index (χ3n) is 12.2. The van der Waals surface area contributed by atoms with Gasteiger partial charge in [-0.2, -0.15) is 6.42 Å². The molecule has 6 heteroatoms. The number of hydrogen-bond donors (Lipinski definition) is 1. The van der Waals surface area contributed by atoms with E-state index in [1.807, 2.05) is 7.11 Å². The summed E-state index contributed by atoms with van der Waals surface area (Å²) in [6.45, 7) is 20.6. The van der Waals surface area contributed by atoms with E-state index in [1.165, 1.54) is 232 Å². The van der Waals surface area contributed by atoms with Crippen molar-refractivity contribution in [3.05, 3.63) is 6.92 Å². The molecule has 1 aliphatic heterocycles. The predicted octanol–water partition coefficient (Wildman–Crippen LogP) is 14.7. The van der Waals surface area contributed by atoms with Crippen LogP contribution in [0.2, 0.25) is 0 Å². The molecule has 0 amide bonds. The summed E-state index contributed by atoms with van der Waals surface area (Å²) in [6.07, 6.45) is 44.7. The van der Waals surface area contributed by atoms with Crippen molar-refractivity contribution < 1.29 is 47.3 Å². The minimum Gasteiger partial charge on any atom is -0.396 e. The second-order valence-electron chi connectivity index (χ2n) is 17.8. The largest absolute Gasteiger partial charge is 0.396 e. The first-order valence-corrected chi connectivity index (χ1v) is 25.2. The fraction of sp³-hybridized carbons (Fsp3) is 0.961. The summed E-state index contributed by atoms with van der Waals surface area (Å²) < 4.78 is 5.14. The molecule has 0 bridgehead atoms. The molecule has 0 aromatic heterocycles. The van der Waals surface area contributed by atoms with Crippen molar-refractivity contribution in [1.82, 2.24) is 9.80 Å². The zero-order valence-corrected chi connectivity index (χ0v) is 42.9. The molecule has 0 aromatic rings. The Kier molecular flexibility index (Phi) is 57.3. The van der Waals surface area contributed by atoms with Crippen molar-refractivity contribution in [2.24, 2.45) is 17.8 Å². The summed E-state index contributed by atoms with van der Waals surface area (Å²) in [5.41, 5.74) is 0. The Morgan fingerprint density at radius 3 is 1.30 bits per heavy atom. The van der Waals surface area contributed by atoms with Gasteiger partial charge in [-0.25, -0.2) is 0 Å². The van der Waals surface area contributed by atoms with Crippen LogP contribution < -0.4 is 0 Å². The third kappa shape index (κ3) is 47.5. The van der Waals surface area contributed by atoms with Gasteiger partial charge in [0, 0.05) is 92.2 Å². The number of methoxy groups -OCH3 is 1. The molecule has 1 N–H and O–H groups in total. The second-order valence-corrected chi connectivity index (χ2v) is 17.8. The topological polar surface area (TPSA) is 53.0 Å². The van der Waals surface area contributed by atoms with Gasteiger partial charge in [-0.3, -0.25) is 0 Å². The van der Waals surface area contributed by atoms with Crippen LogP contribution in [0.25, 0.3) is 0 Å². The molecule has 1 radical (unpaired) electrons. The Morgan fingerprint density at radius 1 is 0.544 bits per heavy atom. The first kappa shape index (κ1) is 61.9. The molecule has 0 aromatic carbocycles. The summed E-state index contributed by atoms with van der Waals surface area (Å²) in [4.78, 5) is 15.7. The molecule has 0 saturated carbocycles. The molecule has 57 heavy (non-hydrogen) atoms. The summed E-state index contributed by atoms with van der Waals surface area (Å²) >= 11 is 0. The molecule has 1 fully saturated rings. The van der Waals surface area contributed by atoms with Gasteiger partial charge in [0.15, 0.2) is 0 Å². The van der Waals surface area contributed by atoms with Gasteiger partial charge in [0.1, 0.15) is 6.29 Å². The average molecular weight is 883 g/mol. The quantitative estimate of drug-likeness (QED) is 0.0379. The van der Waals surface area contributed by atoms with Gasteiger partial charge in [-0.05, 0) is 56.9 Å². The van der Waals surface area contributed by atoms with Crippen LogP contribution in [0.4, 0.5) is 0 Å². The first-order valence-electron chi connectivity index (χ1n) is 25.2. The number of aldehydes is 1. The standard InChI is InChI=1S/C26H53N2O.C13H26O.C12H26O.Y/c1-4-5-6-7-9-12-15-18-26(25-28-22-20-27(2)21-23-28)19-16-13-10-8-11-14-17-24-29-3;1-3-5-7-9-13(11-12-14)10-8-6-4-2;1-3-5-7-9-12(11-13)10-8-6-4-2;/h26H,1,4-25H2,2-3H3;12-13H,3-11H2,1-2H3;12-13H,3-11H2,1-2H3;/q-1;;;. The molecule has 1 unspecified atom stereocenters. The molecule has 0 spiro atoms. The Hall–Kier alpha value is 0.614. The van der Waals surface area contributed by atoms with Crippen LogP contribution in [0.15, 0.2) is 0 Å². The maximum atomic E-state index is 10.5. The van der Waals surface area contributed by atoms with E-state index >= 15 is 0 Å². The maximum Gasteiger partial charge on any atom is 0.120 e. The van der Waals surface area contributed by atoms with Crippen molar-refractivity contribution in [2.45, 2.75) is 240 Å². The fourth-order valence-corrected chi connectivity index (χ4v) is 8.18. The van der Waals surface area contributed by atoms with Crippen molar-refractivity contribution in [1.29, 1.82) is 0 Å². The first-order chi connectivity index (χ1) is 27.4. The smallest absolute Gasteiger partial charge is 0.120 e. The molecule has 1 saturated heterocycles. The van der Waals surface area contributed by atoms with Crippen LogP contribution in [0.3, 0.4) is 0 Å². The Labute approximate surface area is 385 Å². The molecule has 1 aliphatic rings. The molecule has 5 nitrogen and oxygen atoms in total. The zero-order valence-electron chi connectivity index (χ0n) is 40.0. The van der Waals surface area contributed by atoms with Gasteiger partial charge in [0.2, 0.25) is 0 Å². The van der Waals surface area contributed by atoms with Gasteiger partial charge in [0.05, 0.1) is 0 Å². The van der Waals surface area contributed by atoms with Crippen LogP contribution in [0.5, 0.6) is 0 Å². The van der Waals surface area contributed by atoms with E-state index in [-0.39, 0.29) is 32.7 Å². The number of carbonyl (C=O) groups is 1. The number of carbonyl (C=O) groups excluding carboxylic acids is 1. The van der Waals surface area contributed by atoms with E-state index in [0.29, 0.717) is 18.4 Å². The Balaban J connectivity index is -0.000000870. The van der Waals surface area contributed by atoms with E-state index in [1.54, 1.807) is 0 Å². The van der Waals surface area contributed by atoms with Crippen LogP contribution >= 0.6 is 0 Å². The minimum absolute atomic E-state index is 0. The molecule has 1 rings (SSSR count). The van der Waals surface area contributed by atoms with Gasteiger partial charge in [0.25, 0.3) is 0 Å². The summed E-state index contributed by atoms with van der Waals surface area (Å²) in [6, 6.07) is 0. The number of aliphatic hydroxyl groups excluding tert-OH is 1. The fourth-order valence-electron chi connectivity index (χ4n) is 8.18. The average Bonchev–Trinajstić information content (AvgIpc) is 3.20. The SMILES string of the molecule is CCCCCC(CC=O)CCCCC.CCCCCC(CO)CCCCC.[CH2-]CCCCCCCCC(CCCCCCCCCOC)CN1CCN(C)CC1.[Y]. The number of likely N-dealkylation sites (N-methyl/N-ethyl adjacent to an activating group) is 1. The van der Waals surface area contributed by atoms with Crippen LogP contribution in [-0.2, 0) is 42.2 Å². The summed E-state index contributed by atoms with van der Waals surface area (Å²) in [5, 5.41) is 9.12. The van der Waals surface area contributed by atoms with E-state index < -0.39 is 0 Å². The van der Waals surface area contributed by atoms with E-state index in [9.17, 15) is 4.79 Å². The predicted molar refractivity (Wildman–Crippen MR) is 250 cm³/mol. The van der Waals surface area contributed by atoms with Gasteiger partial charge >= 0.3 is 0 Å². The molecule has 1 heterocycles. The maximum absolute atomic E-state index is 10.5. The number of piperazine rings is 1. The number of hydrogen-bond acceptors (Lipinski definition) is 5. The molecule has 0 aliphatic carbocycles. The minimum atomic E-state index is 0.